The van der Waals surface area contributed by atoms with Crippen LogP contribution in [0.1, 0.15) is 43.6 Å². The van der Waals surface area contributed by atoms with Crippen LogP contribution in [0.25, 0.3) is 0 Å². The first-order chi connectivity index (χ1) is 15.7. The number of halogens is 2. The van der Waals surface area contributed by atoms with Gasteiger partial charge in [0.2, 0.25) is 0 Å². The maximum atomic E-state index is 13.2. The minimum atomic E-state index is -2.20. The van der Waals surface area contributed by atoms with Crippen LogP contribution in [0.4, 0.5) is 5.69 Å². The van der Waals surface area contributed by atoms with E-state index in [-0.39, 0.29) is 10.1 Å². The van der Waals surface area contributed by atoms with Crippen molar-refractivity contribution in [2.45, 2.75) is 58.0 Å². The van der Waals surface area contributed by atoms with Crippen LogP contribution in [0.2, 0.25) is 23.2 Å². The van der Waals surface area contributed by atoms with E-state index in [2.05, 4.69) is 66.0 Å². The van der Waals surface area contributed by atoms with E-state index in [4.69, 9.17) is 21.3 Å². The lowest BCUT2D eigenvalue weighted by atomic mass is 10.1. The molecule has 0 saturated heterocycles. The second-order valence-corrected chi connectivity index (χ2v) is 15.5. The molecule has 0 heterocycles. The molecule has 0 unspecified atom stereocenters. The fourth-order valence-electron chi connectivity index (χ4n) is 2.85. The summed E-state index contributed by atoms with van der Waals surface area (Å²) in [7, 11) is -2.20. The number of nitriles is 1. The van der Waals surface area contributed by atoms with Crippen molar-refractivity contribution in [3.05, 3.63) is 63.1 Å². The second-order valence-electron chi connectivity index (χ2n) is 9.46. The average Bonchev–Trinajstić information content (AvgIpc) is 2.75. The van der Waals surface area contributed by atoms with Gasteiger partial charge in [-0.25, -0.2) is 0 Å². The fourth-order valence-corrected chi connectivity index (χ4v) is 4.76. The number of benzene rings is 2. The standard InChI is InChI=1S/C24H30BrClN4O3Si/c1-15(33-34(5,6)24(2,3)4)21(28-19-12-9-17(14-27)20(26)13-19)23(32)30-29-22(31)16-7-10-18(25)11-8-16/h7-13,15,21,28H,1-6H3,(H,29,31)(H,30,32)/t15-,21+/m0/s1. The molecule has 0 bridgehead atoms. The third kappa shape index (κ3) is 7.31. The molecular formula is C24H30BrClN4O3Si. The minimum absolute atomic E-state index is 0.0597. The van der Waals surface area contributed by atoms with Gasteiger partial charge in [-0.05, 0) is 67.5 Å². The number of carbonyl (C=O) groups is 2. The third-order valence-corrected chi connectivity index (χ3v) is 11.3. The van der Waals surface area contributed by atoms with E-state index < -0.39 is 32.3 Å². The van der Waals surface area contributed by atoms with Gasteiger partial charge in [0, 0.05) is 15.7 Å². The Morgan fingerprint density at radius 1 is 1.12 bits per heavy atom. The topological polar surface area (TPSA) is 103 Å². The molecule has 2 amide bonds. The Hall–Kier alpha value is -2.38. The van der Waals surface area contributed by atoms with Gasteiger partial charge in [-0.15, -0.1) is 0 Å². The monoisotopic (exact) mass is 564 g/mol. The van der Waals surface area contributed by atoms with E-state index in [1.165, 1.54) is 0 Å². The summed E-state index contributed by atoms with van der Waals surface area (Å²) < 4.78 is 7.29. The molecule has 0 aliphatic carbocycles. The summed E-state index contributed by atoms with van der Waals surface area (Å²) in [5, 5.41) is 12.5. The molecule has 0 aliphatic rings. The van der Waals surface area contributed by atoms with Crippen molar-refractivity contribution in [3.63, 3.8) is 0 Å². The maximum Gasteiger partial charge on any atom is 0.269 e. The van der Waals surface area contributed by atoms with E-state index >= 15 is 0 Å². The average molecular weight is 566 g/mol. The van der Waals surface area contributed by atoms with E-state index in [1.54, 1.807) is 42.5 Å². The molecule has 0 spiro atoms. The van der Waals surface area contributed by atoms with E-state index in [0.717, 1.165) is 4.47 Å². The molecule has 0 fully saturated rings. The number of nitrogens with zero attached hydrogens (tertiary/aromatic N) is 1. The number of hydrazine groups is 1. The van der Waals surface area contributed by atoms with Crippen molar-refractivity contribution < 1.29 is 14.0 Å². The summed E-state index contributed by atoms with van der Waals surface area (Å²) in [5.74, 6) is -0.920. The summed E-state index contributed by atoms with van der Waals surface area (Å²) in [4.78, 5) is 25.6. The molecule has 0 aliphatic heterocycles. The first-order valence-electron chi connectivity index (χ1n) is 10.7. The lowest BCUT2D eigenvalue weighted by Crippen LogP contribution is -2.55. The van der Waals surface area contributed by atoms with Crippen LogP contribution in [0.15, 0.2) is 46.9 Å². The molecule has 2 rings (SSSR count). The molecule has 182 valence electrons. The molecule has 3 N–H and O–H groups in total. The number of carbonyl (C=O) groups excluding carboxylic acids is 2. The van der Waals surface area contributed by atoms with Crippen LogP contribution < -0.4 is 16.2 Å². The van der Waals surface area contributed by atoms with E-state index in [1.807, 2.05) is 13.0 Å². The predicted molar refractivity (Wildman–Crippen MR) is 141 cm³/mol. The SMILES string of the molecule is C[C@H](O[Si](C)(C)C(C)(C)C)[C@@H](Nc1ccc(C#N)c(Cl)c1)C(=O)NNC(=O)c1ccc(Br)cc1. The first-order valence-corrected chi connectivity index (χ1v) is 14.8. The molecule has 10 heteroatoms. The number of hydrogen-bond acceptors (Lipinski definition) is 5. The summed E-state index contributed by atoms with van der Waals surface area (Å²) in [6, 6.07) is 12.8. The van der Waals surface area contributed by atoms with Gasteiger partial charge in [0.15, 0.2) is 8.32 Å². The van der Waals surface area contributed by atoms with Gasteiger partial charge in [0.1, 0.15) is 12.1 Å². The van der Waals surface area contributed by atoms with Gasteiger partial charge in [-0.3, -0.25) is 20.4 Å². The molecule has 0 saturated carbocycles. The first kappa shape index (κ1) is 27.9. The maximum absolute atomic E-state index is 13.2. The number of hydrogen-bond donors (Lipinski definition) is 3. The zero-order valence-corrected chi connectivity index (χ0v) is 23.5. The number of amides is 2. The summed E-state index contributed by atoms with van der Waals surface area (Å²) >= 11 is 9.50. The number of rotatable bonds is 7. The molecule has 2 aromatic carbocycles. The molecule has 7 nitrogen and oxygen atoms in total. The zero-order chi connectivity index (χ0) is 25.7. The van der Waals surface area contributed by atoms with E-state index in [9.17, 15) is 9.59 Å². The van der Waals surface area contributed by atoms with Gasteiger partial charge in [0.25, 0.3) is 11.8 Å². The Kier molecular flexibility index (Phi) is 9.31. The smallest absolute Gasteiger partial charge is 0.269 e. The largest absolute Gasteiger partial charge is 0.412 e. The lowest BCUT2D eigenvalue weighted by molar-refractivity contribution is -0.124. The lowest BCUT2D eigenvalue weighted by Gasteiger charge is -2.40. The van der Waals surface area contributed by atoms with Crippen LogP contribution >= 0.6 is 27.5 Å². The van der Waals surface area contributed by atoms with Crippen molar-refractivity contribution in [2.24, 2.45) is 0 Å². The normalized spacial score (nSPS) is 13.4. The van der Waals surface area contributed by atoms with Crippen molar-refractivity contribution in [2.75, 3.05) is 5.32 Å². The Balaban J connectivity index is 2.23. The Morgan fingerprint density at radius 3 is 2.26 bits per heavy atom. The summed E-state index contributed by atoms with van der Waals surface area (Å²) in [6.45, 7) is 12.4. The van der Waals surface area contributed by atoms with Gasteiger partial charge >= 0.3 is 0 Å². The van der Waals surface area contributed by atoms with Gasteiger partial charge < -0.3 is 9.74 Å². The highest BCUT2D eigenvalue weighted by Crippen LogP contribution is 2.37. The molecular weight excluding hydrogens is 536 g/mol. The zero-order valence-electron chi connectivity index (χ0n) is 20.1. The van der Waals surface area contributed by atoms with Crippen LogP contribution in [0.3, 0.4) is 0 Å². The highest BCUT2D eigenvalue weighted by molar-refractivity contribution is 9.10. The van der Waals surface area contributed by atoms with Crippen molar-refractivity contribution in [1.82, 2.24) is 10.9 Å². The number of nitrogens with one attached hydrogen (secondary N) is 3. The summed E-state index contributed by atoms with van der Waals surface area (Å²) in [6.07, 6.45) is -0.528. The molecule has 34 heavy (non-hydrogen) atoms. The molecule has 0 aromatic heterocycles. The Bertz CT molecular complexity index is 1080. The molecule has 2 atom stereocenters. The van der Waals surface area contributed by atoms with Gasteiger partial charge in [-0.1, -0.05) is 48.3 Å². The van der Waals surface area contributed by atoms with Crippen molar-refractivity contribution in [3.8, 4) is 6.07 Å². The molecule has 0 radical (unpaired) electrons. The minimum Gasteiger partial charge on any atom is -0.412 e. The highest BCUT2D eigenvalue weighted by atomic mass is 79.9. The van der Waals surface area contributed by atoms with Crippen molar-refractivity contribution in [1.29, 1.82) is 5.26 Å². The third-order valence-electron chi connectivity index (χ3n) is 5.86. The van der Waals surface area contributed by atoms with Crippen LogP contribution in [0, 0.1) is 11.3 Å². The fraction of sp³-hybridized carbons (Fsp3) is 0.375. The quantitative estimate of drug-likeness (QED) is 0.298. The second kappa shape index (κ2) is 11.4. The number of anilines is 1. The van der Waals surface area contributed by atoms with E-state index in [0.29, 0.717) is 16.8 Å². The van der Waals surface area contributed by atoms with Gasteiger partial charge in [0.05, 0.1) is 16.7 Å². The summed E-state index contributed by atoms with van der Waals surface area (Å²) in [5.41, 5.74) is 6.24. The highest BCUT2D eigenvalue weighted by Gasteiger charge is 2.41. The Morgan fingerprint density at radius 2 is 1.74 bits per heavy atom. The Labute approximate surface area is 215 Å². The van der Waals surface area contributed by atoms with Crippen molar-refractivity contribution >= 4 is 53.4 Å². The van der Waals surface area contributed by atoms with Gasteiger partial charge in [-0.2, -0.15) is 5.26 Å². The van der Waals surface area contributed by atoms with Crippen LogP contribution in [0.5, 0.6) is 0 Å². The molecule has 2 aromatic rings. The van der Waals surface area contributed by atoms with Crippen LogP contribution in [-0.2, 0) is 9.22 Å². The predicted octanol–water partition coefficient (Wildman–Crippen LogP) is 5.63. The van der Waals surface area contributed by atoms with Crippen LogP contribution in [-0.4, -0.2) is 32.3 Å².